The highest BCUT2D eigenvalue weighted by molar-refractivity contribution is 7.95. The molecule has 0 radical (unpaired) electrons. The molecule has 35 heavy (non-hydrogen) atoms. The Morgan fingerprint density at radius 2 is 1.11 bits per heavy atom. The summed E-state index contributed by atoms with van der Waals surface area (Å²) < 4.78 is 26.4. The minimum atomic E-state index is -3.88. The van der Waals surface area contributed by atoms with Crippen molar-refractivity contribution in [1.29, 1.82) is 0 Å². The summed E-state index contributed by atoms with van der Waals surface area (Å²) >= 11 is 0. The van der Waals surface area contributed by atoms with Crippen LogP contribution in [0.2, 0.25) is 0 Å². The Labute approximate surface area is 206 Å². The molecule has 0 bridgehead atoms. The largest absolute Gasteiger partial charge is 0.386 e. The molecule has 0 spiro atoms. The van der Waals surface area contributed by atoms with Gasteiger partial charge in [-0.25, -0.2) is 8.42 Å². The van der Waals surface area contributed by atoms with Crippen LogP contribution >= 0.6 is 0 Å². The van der Waals surface area contributed by atoms with Crippen molar-refractivity contribution < 1.29 is 13.5 Å². The zero-order valence-corrected chi connectivity index (χ0v) is 20.1. The van der Waals surface area contributed by atoms with Gasteiger partial charge < -0.3 is 5.11 Å². The third-order valence-corrected chi connectivity index (χ3v) is 8.57. The number of hydrogen-bond donors (Lipinski definition) is 1. The molecule has 0 amide bonds. The molecule has 1 heterocycles. The molecule has 5 heteroatoms. The molecule has 5 rings (SSSR count). The van der Waals surface area contributed by atoms with Crippen LogP contribution in [0.25, 0.3) is 0 Å². The van der Waals surface area contributed by atoms with Gasteiger partial charge in [0.2, 0.25) is 9.84 Å². The molecule has 0 aromatic heterocycles. The summed E-state index contributed by atoms with van der Waals surface area (Å²) in [6, 6.07) is 38.2. The van der Waals surface area contributed by atoms with Crippen molar-refractivity contribution in [1.82, 2.24) is 4.90 Å². The van der Waals surface area contributed by atoms with Crippen LogP contribution in [0.3, 0.4) is 0 Å². The SMILES string of the molecule is C=C([C@H](O)[C@@H]1CN1C(c1ccccc1)(c1ccccc1)c1ccccc1)S(=O)(=O)c1ccccc1. The van der Waals surface area contributed by atoms with Crippen LogP contribution in [-0.2, 0) is 15.4 Å². The first-order valence-electron chi connectivity index (χ1n) is 11.6. The summed E-state index contributed by atoms with van der Waals surface area (Å²) in [6.07, 6.45) is -1.24. The third kappa shape index (κ3) is 4.02. The molecule has 1 unspecified atom stereocenters. The fraction of sp³-hybridized carbons (Fsp3) is 0.133. The smallest absolute Gasteiger partial charge is 0.204 e. The average Bonchev–Trinajstić information content (AvgIpc) is 3.72. The normalized spacial score (nSPS) is 18.5. The predicted octanol–water partition coefficient (Wildman–Crippen LogP) is 5.01. The van der Waals surface area contributed by atoms with Crippen LogP contribution in [0.4, 0.5) is 0 Å². The molecular formula is C30H27NO3S. The van der Waals surface area contributed by atoms with Gasteiger partial charge in [-0.1, -0.05) is 116 Å². The highest BCUT2D eigenvalue weighted by Gasteiger charge is 2.56. The molecule has 4 nitrogen and oxygen atoms in total. The second-order valence-corrected chi connectivity index (χ2v) is 10.8. The van der Waals surface area contributed by atoms with Gasteiger partial charge in [-0.05, 0) is 28.8 Å². The fourth-order valence-corrected chi connectivity index (χ4v) is 6.26. The first kappa shape index (κ1) is 23.2. The van der Waals surface area contributed by atoms with E-state index in [0.717, 1.165) is 16.7 Å². The first-order chi connectivity index (χ1) is 17.0. The van der Waals surface area contributed by atoms with E-state index in [1.165, 1.54) is 12.1 Å². The standard InChI is InChI=1S/C30H27NO3S/c1-23(35(33,34)27-20-12-5-13-21-27)29(32)28-22-31(28)30(24-14-6-2-7-15-24,25-16-8-3-9-17-25)26-18-10-4-11-19-26/h2-21,28-29,32H,1,22H2/t28-,29-,31?/m0/s1. The van der Waals surface area contributed by atoms with Gasteiger partial charge >= 0.3 is 0 Å². The lowest BCUT2D eigenvalue weighted by Crippen LogP contribution is -2.41. The lowest BCUT2D eigenvalue weighted by Gasteiger charge is -2.38. The van der Waals surface area contributed by atoms with E-state index >= 15 is 0 Å². The van der Waals surface area contributed by atoms with Gasteiger partial charge in [0.05, 0.1) is 21.4 Å². The van der Waals surface area contributed by atoms with Crippen LogP contribution < -0.4 is 0 Å². The van der Waals surface area contributed by atoms with Gasteiger partial charge in [-0.2, -0.15) is 0 Å². The lowest BCUT2D eigenvalue weighted by molar-refractivity contribution is 0.176. The molecule has 0 saturated carbocycles. The van der Waals surface area contributed by atoms with Gasteiger partial charge in [-0.15, -0.1) is 0 Å². The lowest BCUT2D eigenvalue weighted by atomic mass is 9.76. The van der Waals surface area contributed by atoms with Crippen molar-refractivity contribution in [2.45, 2.75) is 22.6 Å². The van der Waals surface area contributed by atoms with Crippen LogP contribution in [0.5, 0.6) is 0 Å². The van der Waals surface area contributed by atoms with E-state index in [1.54, 1.807) is 18.2 Å². The van der Waals surface area contributed by atoms with Crippen LogP contribution in [0.1, 0.15) is 16.7 Å². The maximum absolute atomic E-state index is 13.2. The van der Waals surface area contributed by atoms with Crippen LogP contribution in [0, 0.1) is 0 Å². The third-order valence-electron chi connectivity index (χ3n) is 6.75. The van der Waals surface area contributed by atoms with Crippen molar-refractivity contribution in [2.24, 2.45) is 0 Å². The van der Waals surface area contributed by atoms with E-state index in [9.17, 15) is 13.5 Å². The molecule has 1 N–H and O–H groups in total. The van der Waals surface area contributed by atoms with Crippen molar-refractivity contribution in [3.05, 3.63) is 150 Å². The summed E-state index contributed by atoms with van der Waals surface area (Å²) in [5.41, 5.74) is 2.43. The monoisotopic (exact) mass is 481 g/mol. The maximum Gasteiger partial charge on any atom is 0.204 e. The Kier molecular flexibility index (Phi) is 6.15. The van der Waals surface area contributed by atoms with E-state index in [4.69, 9.17) is 0 Å². The molecule has 176 valence electrons. The van der Waals surface area contributed by atoms with Gasteiger partial charge in [0.1, 0.15) is 6.10 Å². The summed E-state index contributed by atoms with van der Waals surface area (Å²) in [6.45, 7) is 4.35. The predicted molar refractivity (Wildman–Crippen MR) is 138 cm³/mol. The minimum absolute atomic E-state index is 0.136. The Morgan fingerprint density at radius 1 is 0.743 bits per heavy atom. The van der Waals surface area contributed by atoms with Crippen molar-refractivity contribution in [2.75, 3.05) is 6.54 Å². The summed E-state index contributed by atoms with van der Waals surface area (Å²) in [7, 11) is -3.88. The highest BCUT2D eigenvalue weighted by atomic mass is 32.2. The second-order valence-electron chi connectivity index (χ2n) is 8.76. The second kappa shape index (κ2) is 9.27. The van der Waals surface area contributed by atoms with Crippen LogP contribution in [-0.4, -0.2) is 37.1 Å². The molecule has 1 fully saturated rings. The number of rotatable bonds is 8. The Balaban J connectivity index is 1.60. The Morgan fingerprint density at radius 3 is 1.51 bits per heavy atom. The number of aliphatic hydroxyl groups excluding tert-OH is 1. The van der Waals surface area contributed by atoms with E-state index in [2.05, 4.69) is 47.9 Å². The van der Waals surface area contributed by atoms with Gasteiger partial charge in [-0.3, -0.25) is 4.90 Å². The number of benzene rings is 4. The molecule has 4 aromatic carbocycles. The zero-order chi connectivity index (χ0) is 24.5. The topological polar surface area (TPSA) is 57.4 Å². The minimum Gasteiger partial charge on any atom is -0.386 e. The summed E-state index contributed by atoms with van der Waals surface area (Å²) in [5.74, 6) is 0. The highest BCUT2D eigenvalue weighted by Crippen LogP contribution is 2.49. The van der Waals surface area contributed by atoms with Gasteiger partial charge in [0.25, 0.3) is 0 Å². The van der Waals surface area contributed by atoms with E-state index in [0.29, 0.717) is 6.54 Å². The number of nitrogens with zero attached hydrogens (tertiary/aromatic N) is 1. The Bertz CT molecular complexity index is 1310. The number of sulfone groups is 1. The fourth-order valence-electron chi connectivity index (χ4n) is 4.97. The van der Waals surface area contributed by atoms with Crippen LogP contribution in [0.15, 0.2) is 138 Å². The summed E-state index contributed by atoms with van der Waals surface area (Å²) in [5, 5.41) is 11.3. The molecule has 0 aliphatic carbocycles. The van der Waals surface area contributed by atoms with E-state index < -0.39 is 27.5 Å². The maximum atomic E-state index is 13.2. The van der Waals surface area contributed by atoms with E-state index in [-0.39, 0.29) is 9.80 Å². The quantitative estimate of drug-likeness (QED) is 0.284. The van der Waals surface area contributed by atoms with E-state index in [1.807, 2.05) is 54.6 Å². The summed E-state index contributed by atoms with van der Waals surface area (Å²) in [4.78, 5) is 2.12. The molecule has 1 aliphatic rings. The van der Waals surface area contributed by atoms with Gasteiger partial charge in [0.15, 0.2) is 0 Å². The molecule has 4 aromatic rings. The average molecular weight is 482 g/mol. The van der Waals surface area contributed by atoms with Gasteiger partial charge in [0, 0.05) is 6.54 Å². The molecule has 1 saturated heterocycles. The zero-order valence-electron chi connectivity index (χ0n) is 19.2. The Hall–Kier alpha value is -3.51. The van der Waals surface area contributed by atoms with Crippen molar-refractivity contribution in [3.8, 4) is 0 Å². The number of hydrogen-bond acceptors (Lipinski definition) is 4. The molecule has 1 aliphatic heterocycles. The van der Waals surface area contributed by atoms with Crippen molar-refractivity contribution >= 4 is 9.84 Å². The number of aliphatic hydroxyl groups is 1. The van der Waals surface area contributed by atoms with Crippen molar-refractivity contribution in [3.63, 3.8) is 0 Å². The first-order valence-corrected chi connectivity index (χ1v) is 13.1. The molecular weight excluding hydrogens is 454 g/mol. The molecule has 3 atom stereocenters.